The SMILES string of the molecule is CC(C)(C)OC[C@H](NC(=O)OCC1c2ccccc2-c2ccccc21)C(=O)OCc1ccc(C(=O)O)cc1. The average molecular weight is 518 g/mol. The minimum absolute atomic E-state index is 0.0862. The second-order valence-corrected chi connectivity index (χ2v) is 10.1. The minimum atomic E-state index is -1.09. The van der Waals surface area contributed by atoms with Crippen LogP contribution in [0, 0.1) is 0 Å². The van der Waals surface area contributed by atoms with Gasteiger partial charge in [0, 0.05) is 5.92 Å². The van der Waals surface area contributed by atoms with Crippen LogP contribution in [-0.2, 0) is 25.6 Å². The molecule has 3 aromatic carbocycles. The zero-order valence-corrected chi connectivity index (χ0v) is 21.6. The van der Waals surface area contributed by atoms with Gasteiger partial charge in [-0.2, -0.15) is 0 Å². The third-order valence-electron chi connectivity index (χ3n) is 6.19. The zero-order valence-electron chi connectivity index (χ0n) is 21.6. The summed E-state index contributed by atoms with van der Waals surface area (Å²) in [7, 11) is 0. The number of carbonyl (C=O) groups excluding carboxylic acids is 2. The molecule has 1 aliphatic carbocycles. The molecule has 38 heavy (non-hydrogen) atoms. The van der Waals surface area contributed by atoms with Gasteiger partial charge in [0.05, 0.1) is 17.8 Å². The van der Waals surface area contributed by atoms with Gasteiger partial charge in [-0.3, -0.25) is 0 Å². The van der Waals surface area contributed by atoms with Gasteiger partial charge in [-0.05, 0) is 60.7 Å². The van der Waals surface area contributed by atoms with E-state index >= 15 is 0 Å². The lowest BCUT2D eigenvalue weighted by Gasteiger charge is -2.24. The second kappa shape index (κ2) is 11.5. The number of aromatic carboxylic acids is 1. The van der Waals surface area contributed by atoms with E-state index in [0.29, 0.717) is 5.56 Å². The molecule has 1 aliphatic rings. The molecule has 198 valence electrons. The molecular weight excluding hydrogens is 486 g/mol. The molecule has 2 N–H and O–H groups in total. The van der Waals surface area contributed by atoms with E-state index in [4.69, 9.17) is 19.3 Å². The van der Waals surface area contributed by atoms with Gasteiger partial charge in [0.1, 0.15) is 13.2 Å². The molecule has 4 rings (SSSR count). The van der Waals surface area contributed by atoms with Crippen molar-refractivity contribution in [3.8, 4) is 11.1 Å². The van der Waals surface area contributed by atoms with Crippen molar-refractivity contribution < 1.29 is 33.7 Å². The molecule has 0 aromatic heterocycles. The Kier molecular flexibility index (Phi) is 8.12. The third kappa shape index (κ3) is 6.58. The second-order valence-electron chi connectivity index (χ2n) is 10.1. The van der Waals surface area contributed by atoms with Crippen LogP contribution < -0.4 is 5.32 Å². The van der Waals surface area contributed by atoms with Crippen molar-refractivity contribution in [3.63, 3.8) is 0 Å². The normalized spacial score (nSPS) is 13.2. The van der Waals surface area contributed by atoms with Crippen LogP contribution >= 0.6 is 0 Å². The molecule has 0 aliphatic heterocycles. The number of hydrogen-bond donors (Lipinski definition) is 2. The standard InChI is InChI=1S/C30H31NO7/c1-30(2,3)38-18-26(28(34)36-16-19-12-14-20(15-13-19)27(32)33)31-29(35)37-17-25-23-10-6-4-8-21(23)22-9-5-7-11-24(22)25/h4-15,25-26H,16-18H2,1-3H3,(H,31,35)(H,32,33)/t26-/m0/s1. The highest BCUT2D eigenvalue weighted by Crippen LogP contribution is 2.44. The van der Waals surface area contributed by atoms with E-state index in [0.717, 1.165) is 22.3 Å². The van der Waals surface area contributed by atoms with Gasteiger partial charge in [-0.25, -0.2) is 14.4 Å². The Labute approximate surface area is 221 Å². The molecule has 0 heterocycles. The quantitative estimate of drug-likeness (QED) is 0.378. The van der Waals surface area contributed by atoms with Gasteiger partial charge in [-0.15, -0.1) is 0 Å². The fourth-order valence-corrected chi connectivity index (χ4v) is 4.28. The van der Waals surface area contributed by atoms with Crippen LogP contribution in [0.2, 0.25) is 0 Å². The van der Waals surface area contributed by atoms with Crippen LogP contribution in [0.5, 0.6) is 0 Å². The van der Waals surface area contributed by atoms with Crippen LogP contribution in [-0.4, -0.2) is 48.0 Å². The van der Waals surface area contributed by atoms with Crippen molar-refractivity contribution in [1.82, 2.24) is 5.32 Å². The van der Waals surface area contributed by atoms with Crippen LogP contribution in [0.25, 0.3) is 11.1 Å². The van der Waals surface area contributed by atoms with Crippen molar-refractivity contribution in [2.75, 3.05) is 13.2 Å². The smallest absolute Gasteiger partial charge is 0.407 e. The Balaban J connectivity index is 1.39. The van der Waals surface area contributed by atoms with E-state index in [-0.39, 0.29) is 31.3 Å². The molecule has 0 bridgehead atoms. The Morgan fingerprint density at radius 1 is 0.868 bits per heavy atom. The fourth-order valence-electron chi connectivity index (χ4n) is 4.28. The number of alkyl carbamates (subject to hydrolysis) is 1. The maximum atomic E-state index is 12.9. The molecule has 3 aromatic rings. The van der Waals surface area contributed by atoms with Crippen molar-refractivity contribution in [2.24, 2.45) is 0 Å². The minimum Gasteiger partial charge on any atom is -0.478 e. The summed E-state index contributed by atoms with van der Waals surface area (Å²) in [5, 5.41) is 11.6. The Bertz CT molecular complexity index is 1270. The fraction of sp³-hybridized carbons (Fsp3) is 0.300. The Hall–Kier alpha value is -4.17. The molecule has 1 amide bonds. The molecule has 0 spiro atoms. The van der Waals surface area contributed by atoms with Crippen molar-refractivity contribution in [1.29, 1.82) is 0 Å². The van der Waals surface area contributed by atoms with Gasteiger partial charge < -0.3 is 24.6 Å². The number of nitrogens with one attached hydrogen (secondary N) is 1. The number of rotatable bonds is 9. The zero-order chi connectivity index (χ0) is 27.3. The number of carboxylic acid groups (broad SMARTS) is 1. The first-order valence-electron chi connectivity index (χ1n) is 12.4. The van der Waals surface area contributed by atoms with Crippen LogP contribution in [0.1, 0.15) is 53.7 Å². The predicted molar refractivity (Wildman–Crippen MR) is 141 cm³/mol. The summed E-state index contributed by atoms with van der Waals surface area (Å²) < 4.78 is 16.7. The number of ether oxygens (including phenoxy) is 3. The van der Waals surface area contributed by atoms with Crippen molar-refractivity contribution in [2.45, 2.75) is 44.9 Å². The maximum Gasteiger partial charge on any atom is 0.407 e. The van der Waals surface area contributed by atoms with Gasteiger partial charge in [0.2, 0.25) is 0 Å². The first-order valence-corrected chi connectivity index (χ1v) is 12.4. The number of amides is 1. The lowest BCUT2D eigenvalue weighted by atomic mass is 9.98. The number of carboxylic acids is 1. The maximum absolute atomic E-state index is 12.9. The van der Waals surface area contributed by atoms with Gasteiger partial charge >= 0.3 is 18.0 Å². The van der Waals surface area contributed by atoms with E-state index in [1.807, 2.05) is 57.2 Å². The lowest BCUT2D eigenvalue weighted by molar-refractivity contribution is -0.150. The summed E-state index contributed by atoms with van der Waals surface area (Å²) >= 11 is 0. The largest absolute Gasteiger partial charge is 0.478 e. The molecule has 8 heteroatoms. The summed E-state index contributed by atoms with van der Waals surface area (Å²) in [6.07, 6.45) is -0.753. The van der Waals surface area contributed by atoms with Crippen LogP contribution in [0.3, 0.4) is 0 Å². The van der Waals surface area contributed by atoms with Gasteiger partial charge in [-0.1, -0.05) is 60.7 Å². The molecule has 0 unspecified atom stereocenters. The van der Waals surface area contributed by atoms with E-state index in [2.05, 4.69) is 17.4 Å². The highest BCUT2D eigenvalue weighted by Gasteiger charge is 2.30. The van der Waals surface area contributed by atoms with E-state index in [1.165, 1.54) is 12.1 Å². The number of fused-ring (bicyclic) bond motifs is 3. The Morgan fingerprint density at radius 2 is 1.45 bits per heavy atom. The number of carbonyl (C=O) groups is 3. The number of esters is 1. The van der Waals surface area contributed by atoms with Crippen LogP contribution in [0.15, 0.2) is 72.8 Å². The van der Waals surface area contributed by atoms with Gasteiger partial charge in [0.15, 0.2) is 6.04 Å². The lowest BCUT2D eigenvalue weighted by Crippen LogP contribution is -2.46. The summed E-state index contributed by atoms with van der Waals surface area (Å²) in [6.45, 7) is 5.44. The highest BCUT2D eigenvalue weighted by atomic mass is 16.6. The summed E-state index contributed by atoms with van der Waals surface area (Å²) in [5.41, 5.74) is 4.61. The molecular formula is C30H31NO7. The molecule has 0 saturated carbocycles. The van der Waals surface area contributed by atoms with Crippen molar-refractivity contribution >= 4 is 18.0 Å². The average Bonchev–Trinajstić information content (AvgIpc) is 3.22. The molecule has 0 radical (unpaired) electrons. The van der Waals surface area contributed by atoms with Crippen LogP contribution in [0.4, 0.5) is 4.79 Å². The summed E-state index contributed by atoms with van der Waals surface area (Å²) in [5.74, 6) is -1.84. The highest BCUT2D eigenvalue weighted by molar-refractivity contribution is 5.87. The van der Waals surface area contributed by atoms with E-state index in [9.17, 15) is 14.4 Å². The predicted octanol–water partition coefficient (Wildman–Crippen LogP) is 5.15. The molecule has 0 fully saturated rings. The first-order chi connectivity index (χ1) is 18.1. The summed E-state index contributed by atoms with van der Waals surface area (Å²) in [6, 6.07) is 21.0. The summed E-state index contributed by atoms with van der Waals surface area (Å²) in [4.78, 5) is 36.7. The molecule has 1 atom stereocenters. The van der Waals surface area contributed by atoms with E-state index < -0.39 is 29.7 Å². The number of hydrogen-bond acceptors (Lipinski definition) is 6. The van der Waals surface area contributed by atoms with E-state index in [1.54, 1.807) is 12.1 Å². The van der Waals surface area contributed by atoms with Gasteiger partial charge in [0.25, 0.3) is 0 Å². The Morgan fingerprint density at radius 3 is 2.00 bits per heavy atom. The van der Waals surface area contributed by atoms with Crippen molar-refractivity contribution in [3.05, 3.63) is 95.1 Å². The monoisotopic (exact) mass is 517 g/mol. The third-order valence-corrected chi connectivity index (χ3v) is 6.19. The molecule has 8 nitrogen and oxygen atoms in total. The number of benzene rings is 3. The first kappa shape index (κ1) is 26.9. The molecule has 0 saturated heterocycles. The topological polar surface area (TPSA) is 111 Å².